The number of rotatable bonds is 3. The van der Waals surface area contributed by atoms with E-state index < -0.39 is 0 Å². The molecule has 0 atom stereocenters. The summed E-state index contributed by atoms with van der Waals surface area (Å²) in [6, 6.07) is 4.00. The molecular formula is C11H14ClN3. The standard InChI is InChI=1S/C11H14ClN3/c1-3-15-10(6-7-12)14-9-5-4-8(2)13-11(9)15/h4-5H,3,6-7H2,1-2H3. The third kappa shape index (κ3) is 1.84. The fourth-order valence-electron chi connectivity index (χ4n) is 1.75. The Morgan fingerprint density at radius 1 is 1.33 bits per heavy atom. The number of hydrogen-bond acceptors (Lipinski definition) is 2. The average molecular weight is 224 g/mol. The monoisotopic (exact) mass is 223 g/mol. The highest BCUT2D eigenvalue weighted by Crippen LogP contribution is 2.15. The van der Waals surface area contributed by atoms with Crippen LogP contribution in [0.25, 0.3) is 11.2 Å². The molecule has 0 aliphatic carbocycles. The summed E-state index contributed by atoms with van der Waals surface area (Å²) in [7, 11) is 0. The minimum Gasteiger partial charge on any atom is -0.313 e. The van der Waals surface area contributed by atoms with E-state index in [1.54, 1.807) is 0 Å². The SMILES string of the molecule is CCn1c(CCCl)nc2ccc(C)nc21. The van der Waals surface area contributed by atoms with E-state index in [-0.39, 0.29) is 0 Å². The van der Waals surface area contributed by atoms with Crippen LogP contribution in [0.3, 0.4) is 0 Å². The van der Waals surface area contributed by atoms with Gasteiger partial charge in [0.2, 0.25) is 0 Å². The molecule has 80 valence electrons. The van der Waals surface area contributed by atoms with Gasteiger partial charge in [0.25, 0.3) is 0 Å². The summed E-state index contributed by atoms with van der Waals surface area (Å²) in [6.45, 7) is 4.98. The highest BCUT2D eigenvalue weighted by Gasteiger charge is 2.09. The highest BCUT2D eigenvalue weighted by atomic mass is 35.5. The van der Waals surface area contributed by atoms with Crippen molar-refractivity contribution in [2.75, 3.05) is 5.88 Å². The molecule has 0 N–H and O–H groups in total. The van der Waals surface area contributed by atoms with Crippen LogP contribution in [0.2, 0.25) is 0 Å². The van der Waals surface area contributed by atoms with Crippen molar-refractivity contribution in [3.8, 4) is 0 Å². The lowest BCUT2D eigenvalue weighted by atomic mass is 10.3. The minimum absolute atomic E-state index is 0.600. The van der Waals surface area contributed by atoms with Gasteiger partial charge in [0.15, 0.2) is 5.65 Å². The molecule has 4 heteroatoms. The molecule has 2 heterocycles. The molecule has 0 aliphatic rings. The van der Waals surface area contributed by atoms with Crippen molar-refractivity contribution in [3.05, 3.63) is 23.7 Å². The number of nitrogens with zero attached hydrogens (tertiary/aromatic N) is 3. The van der Waals surface area contributed by atoms with Gasteiger partial charge in [0.1, 0.15) is 11.3 Å². The Balaban J connectivity index is 2.63. The van der Waals surface area contributed by atoms with E-state index in [9.17, 15) is 0 Å². The minimum atomic E-state index is 0.600. The Labute approximate surface area is 94.1 Å². The number of aromatic nitrogens is 3. The van der Waals surface area contributed by atoms with Crippen LogP contribution in [-0.4, -0.2) is 20.4 Å². The van der Waals surface area contributed by atoms with E-state index in [4.69, 9.17) is 11.6 Å². The molecule has 0 unspecified atom stereocenters. The first-order valence-corrected chi connectivity index (χ1v) is 5.68. The lowest BCUT2D eigenvalue weighted by molar-refractivity contribution is 0.720. The number of hydrogen-bond donors (Lipinski definition) is 0. The third-order valence-electron chi connectivity index (χ3n) is 2.44. The number of aryl methyl sites for hydroxylation is 3. The summed E-state index contributed by atoms with van der Waals surface area (Å²) in [6.07, 6.45) is 0.796. The number of alkyl halides is 1. The molecule has 3 nitrogen and oxygen atoms in total. The number of pyridine rings is 1. The molecule has 0 bridgehead atoms. The van der Waals surface area contributed by atoms with Gasteiger partial charge in [0, 0.05) is 24.5 Å². The predicted octanol–water partition coefficient (Wildman–Crippen LogP) is 2.54. The van der Waals surface area contributed by atoms with Crippen molar-refractivity contribution >= 4 is 22.8 Å². The summed E-state index contributed by atoms with van der Waals surface area (Å²) in [5, 5.41) is 0. The molecule has 0 aromatic carbocycles. The van der Waals surface area contributed by atoms with Crippen LogP contribution < -0.4 is 0 Å². The van der Waals surface area contributed by atoms with Crippen LogP contribution in [0.5, 0.6) is 0 Å². The molecule has 15 heavy (non-hydrogen) atoms. The first-order chi connectivity index (χ1) is 7.26. The van der Waals surface area contributed by atoms with Gasteiger partial charge in [-0.2, -0.15) is 0 Å². The molecule has 0 fully saturated rings. The first-order valence-electron chi connectivity index (χ1n) is 5.15. The van der Waals surface area contributed by atoms with Crippen LogP contribution in [-0.2, 0) is 13.0 Å². The maximum Gasteiger partial charge on any atom is 0.160 e. The van der Waals surface area contributed by atoms with E-state index in [0.717, 1.165) is 35.6 Å². The van der Waals surface area contributed by atoms with Gasteiger partial charge >= 0.3 is 0 Å². The number of fused-ring (bicyclic) bond motifs is 1. The van der Waals surface area contributed by atoms with E-state index in [0.29, 0.717) is 5.88 Å². The quantitative estimate of drug-likeness (QED) is 0.749. The Bertz CT molecular complexity index is 476. The Morgan fingerprint density at radius 3 is 2.80 bits per heavy atom. The van der Waals surface area contributed by atoms with Crippen molar-refractivity contribution in [1.29, 1.82) is 0 Å². The molecule has 2 aromatic heterocycles. The topological polar surface area (TPSA) is 30.7 Å². The van der Waals surface area contributed by atoms with Crippen molar-refractivity contribution in [2.45, 2.75) is 26.8 Å². The Hall–Kier alpha value is -1.09. The summed E-state index contributed by atoms with van der Waals surface area (Å²) in [5.41, 5.74) is 2.95. The maximum atomic E-state index is 5.75. The second kappa shape index (κ2) is 4.19. The van der Waals surface area contributed by atoms with Crippen LogP contribution in [0.15, 0.2) is 12.1 Å². The van der Waals surface area contributed by atoms with E-state index in [1.165, 1.54) is 0 Å². The van der Waals surface area contributed by atoms with E-state index in [1.807, 2.05) is 19.1 Å². The van der Waals surface area contributed by atoms with Gasteiger partial charge in [-0.05, 0) is 26.0 Å². The van der Waals surface area contributed by atoms with Crippen LogP contribution >= 0.6 is 11.6 Å². The van der Waals surface area contributed by atoms with Gasteiger partial charge < -0.3 is 4.57 Å². The lowest BCUT2D eigenvalue weighted by Crippen LogP contribution is -2.03. The second-order valence-corrected chi connectivity index (χ2v) is 3.88. The molecule has 0 radical (unpaired) electrons. The maximum absolute atomic E-state index is 5.75. The fraction of sp³-hybridized carbons (Fsp3) is 0.455. The largest absolute Gasteiger partial charge is 0.313 e. The molecular weight excluding hydrogens is 210 g/mol. The van der Waals surface area contributed by atoms with Crippen LogP contribution in [0, 0.1) is 6.92 Å². The molecule has 0 saturated heterocycles. The van der Waals surface area contributed by atoms with Crippen molar-refractivity contribution in [3.63, 3.8) is 0 Å². The van der Waals surface area contributed by atoms with E-state index in [2.05, 4.69) is 21.5 Å². The Kier molecular flexibility index (Phi) is 2.91. The predicted molar refractivity (Wildman–Crippen MR) is 62.4 cm³/mol. The molecule has 0 spiro atoms. The van der Waals surface area contributed by atoms with Gasteiger partial charge in [-0.15, -0.1) is 11.6 Å². The summed E-state index contributed by atoms with van der Waals surface area (Å²) >= 11 is 5.75. The van der Waals surface area contributed by atoms with Gasteiger partial charge in [-0.25, -0.2) is 9.97 Å². The summed E-state index contributed by atoms with van der Waals surface area (Å²) in [4.78, 5) is 9.04. The van der Waals surface area contributed by atoms with Crippen LogP contribution in [0.1, 0.15) is 18.4 Å². The highest BCUT2D eigenvalue weighted by molar-refractivity contribution is 6.17. The first kappa shape index (κ1) is 10.4. The zero-order chi connectivity index (χ0) is 10.8. The van der Waals surface area contributed by atoms with Crippen molar-refractivity contribution in [1.82, 2.24) is 14.5 Å². The zero-order valence-electron chi connectivity index (χ0n) is 9.00. The van der Waals surface area contributed by atoms with Gasteiger partial charge in [0.05, 0.1) is 0 Å². The smallest absolute Gasteiger partial charge is 0.160 e. The molecule has 0 amide bonds. The molecule has 2 rings (SSSR count). The lowest BCUT2D eigenvalue weighted by Gasteiger charge is -2.03. The van der Waals surface area contributed by atoms with Crippen LogP contribution in [0.4, 0.5) is 0 Å². The zero-order valence-corrected chi connectivity index (χ0v) is 9.75. The number of imidazole rings is 1. The second-order valence-electron chi connectivity index (χ2n) is 3.51. The van der Waals surface area contributed by atoms with Gasteiger partial charge in [-0.3, -0.25) is 0 Å². The van der Waals surface area contributed by atoms with Crippen molar-refractivity contribution < 1.29 is 0 Å². The fourth-order valence-corrected chi connectivity index (χ4v) is 1.92. The molecule has 0 aliphatic heterocycles. The molecule has 0 saturated carbocycles. The average Bonchev–Trinajstić information content (AvgIpc) is 2.55. The number of halogens is 1. The van der Waals surface area contributed by atoms with Gasteiger partial charge in [-0.1, -0.05) is 0 Å². The summed E-state index contributed by atoms with van der Waals surface area (Å²) in [5.74, 6) is 1.63. The third-order valence-corrected chi connectivity index (χ3v) is 2.63. The molecule has 2 aromatic rings. The van der Waals surface area contributed by atoms with E-state index >= 15 is 0 Å². The van der Waals surface area contributed by atoms with Crippen molar-refractivity contribution in [2.24, 2.45) is 0 Å². The summed E-state index contributed by atoms with van der Waals surface area (Å²) < 4.78 is 2.13. The Morgan fingerprint density at radius 2 is 2.13 bits per heavy atom. The normalized spacial score (nSPS) is 11.1.